The van der Waals surface area contributed by atoms with Crippen molar-refractivity contribution in [2.45, 2.75) is 31.4 Å². The van der Waals surface area contributed by atoms with Crippen LogP contribution in [0.25, 0.3) is 0 Å². The molecule has 1 radical (unpaired) electrons. The van der Waals surface area contributed by atoms with Crippen molar-refractivity contribution in [2.75, 3.05) is 13.1 Å². The summed E-state index contributed by atoms with van der Waals surface area (Å²) in [6.07, 6.45) is 0.687. The molecule has 2 aromatic rings. The van der Waals surface area contributed by atoms with Crippen molar-refractivity contribution in [3.8, 4) is 0 Å². The lowest BCUT2D eigenvalue weighted by Crippen LogP contribution is -2.36. The first-order chi connectivity index (χ1) is 12.9. The average molecular weight is 396 g/mol. The predicted octanol–water partition coefficient (Wildman–Crippen LogP) is 3.12. The Hall–Kier alpha value is -2.00. The van der Waals surface area contributed by atoms with Crippen LogP contribution in [0, 0.1) is 0 Å². The molecule has 141 valence electrons. The maximum atomic E-state index is 12.7. The van der Waals surface area contributed by atoms with Crippen molar-refractivity contribution in [1.82, 2.24) is 19.8 Å². The molecule has 0 bridgehead atoms. The molecular formula is C17H16BClF3N4O. The molecule has 0 aromatic carbocycles. The molecule has 3 heterocycles. The summed E-state index contributed by atoms with van der Waals surface area (Å²) in [5.41, 5.74) is 0.719. The van der Waals surface area contributed by atoms with E-state index in [1.54, 1.807) is 13.6 Å². The standard InChI is InChI=1S/C17H16BClF3N4O/c19-16-13(17(20,21)22)9-24-15(25-16)7-11-1-2-14(23-8-11)12-3-5-26(6-4-12)18-10-27/h1-2,8-10,12H,3-7H2. The Morgan fingerprint density at radius 3 is 2.52 bits per heavy atom. The Balaban J connectivity index is 1.63. The molecule has 0 saturated carbocycles. The van der Waals surface area contributed by atoms with Gasteiger partial charge in [0.1, 0.15) is 16.5 Å². The molecule has 0 N–H and O–H groups in total. The minimum Gasteiger partial charge on any atom is -0.340 e. The number of carbonyl (C=O) groups excluding carboxylic acids is 1. The van der Waals surface area contributed by atoms with Gasteiger partial charge in [0.25, 0.3) is 7.41 Å². The third kappa shape index (κ3) is 5.04. The fourth-order valence-corrected chi connectivity index (χ4v) is 3.32. The van der Waals surface area contributed by atoms with E-state index in [0.29, 0.717) is 12.1 Å². The van der Waals surface area contributed by atoms with Gasteiger partial charge in [-0.1, -0.05) is 17.7 Å². The Bertz CT molecular complexity index is 796. The van der Waals surface area contributed by atoms with Crippen molar-refractivity contribution < 1.29 is 18.0 Å². The first-order valence-corrected chi connectivity index (χ1v) is 8.80. The van der Waals surface area contributed by atoms with E-state index in [1.807, 2.05) is 16.9 Å². The van der Waals surface area contributed by atoms with Crippen LogP contribution < -0.4 is 0 Å². The molecule has 2 aromatic heterocycles. The molecule has 0 amide bonds. The molecule has 1 fully saturated rings. The monoisotopic (exact) mass is 395 g/mol. The number of halogens is 4. The fraction of sp³-hybridized carbons (Fsp3) is 0.412. The van der Waals surface area contributed by atoms with E-state index in [4.69, 9.17) is 11.6 Å². The molecule has 1 aliphatic rings. The van der Waals surface area contributed by atoms with Crippen LogP contribution in [0.1, 0.15) is 41.4 Å². The Morgan fingerprint density at radius 2 is 1.96 bits per heavy atom. The third-order valence-corrected chi connectivity index (χ3v) is 4.82. The van der Waals surface area contributed by atoms with Gasteiger partial charge < -0.3 is 9.61 Å². The zero-order valence-electron chi connectivity index (χ0n) is 14.3. The molecule has 1 saturated heterocycles. The maximum Gasteiger partial charge on any atom is 0.420 e. The number of hydrogen-bond acceptors (Lipinski definition) is 5. The van der Waals surface area contributed by atoms with Crippen LogP contribution in [0.15, 0.2) is 24.5 Å². The van der Waals surface area contributed by atoms with Crippen molar-refractivity contribution in [2.24, 2.45) is 0 Å². The molecule has 3 rings (SSSR count). The van der Waals surface area contributed by atoms with Crippen LogP contribution in [0.5, 0.6) is 0 Å². The number of piperidine rings is 1. The number of nitrogens with zero attached hydrogens (tertiary/aromatic N) is 4. The maximum absolute atomic E-state index is 12.7. The number of carbonyl (C=O) groups is 1. The lowest BCUT2D eigenvalue weighted by Gasteiger charge is -2.30. The molecule has 10 heteroatoms. The summed E-state index contributed by atoms with van der Waals surface area (Å²) in [5, 5.41) is -0.601. The van der Waals surface area contributed by atoms with Crippen molar-refractivity contribution in [1.29, 1.82) is 0 Å². The highest BCUT2D eigenvalue weighted by Gasteiger charge is 2.34. The van der Waals surface area contributed by atoms with Crippen LogP contribution in [0.3, 0.4) is 0 Å². The summed E-state index contributed by atoms with van der Waals surface area (Å²) in [7, 11) is 1.56. The fourth-order valence-electron chi connectivity index (χ4n) is 3.06. The van der Waals surface area contributed by atoms with Gasteiger partial charge in [-0.3, -0.25) is 4.98 Å². The summed E-state index contributed by atoms with van der Waals surface area (Å²) in [5.74, 6) is 0.535. The summed E-state index contributed by atoms with van der Waals surface area (Å²) in [6, 6.07) is 3.80. The Labute approximate surface area is 160 Å². The number of alkyl halides is 3. The van der Waals surface area contributed by atoms with E-state index in [0.717, 1.165) is 43.4 Å². The normalized spacial score (nSPS) is 16.3. The highest BCUT2D eigenvalue weighted by Crippen LogP contribution is 2.33. The second-order valence-corrected chi connectivity index (χ2v) is 6.71. The Kier molecular flexibility index (Phi) is 6.11. The predicted molar refractivity (Wildman–Crippen MR) is 95.1 cm³/mol. The topological polar surface area (TPSA) is 59.0 Å². The zero-order valence-corrected chi connectivity index (χ0v) is 15.0. The van der Waals surface area contributed by atoms with E-state index in [-0.39, 0.29) is 12.2 Å². The first-order valence-electron chi connectivity index (χ1n) is 8.43. The van der Waals surface area contributed by atoms with Gasteiger partial charge in [-0.25, -0.2) is 9.97 Å². The van der Waals surface area contributed by atoms with Crippen molar-refractivity contribution in [3.63, 3.8) is 0 Å². The number of hydrogen-bond donors (Lipinski definition) is 0. The minimum atomic E-state index is -4.57. The van der Waals surface area contributed by atoms with Crippen LogP contribution in [-0.2, 0) is 17.4 Å². The highest BCUT2D eigenvalue weighted by molar-refractivity contribution is 6.64. The van der Waals surface area contributed by atoms with Gasteiger partial charge >= 0.3 is 6.18 Å². The smallest absolute Gasteiger partial charge is 0.340 e. The van der Waals surface area contributed by atoms with Gasteiger partial charge in [-0.15, -0.1) is 0 Å². The highest BCUT2D eigenvalue weighted by atomic mass is 35.5. The summed E-state index contributed by atoms with van der Waals surface area (Å²) in [4.78, 5) is 24.5. The van der Waals surface area contributed by atoms with Crippen molar-refractivity contribution >= 4 is 25.2 Å². The van der Waals surface area contributed by atoms with Gasteiger partial charge in [-0.05, 0) is 37.6 Å². The largest absolute Gasteiger partial charge is 0.420 e. The molecule has 27 heavy (non-hydrogen) atoms. The SMILES string of the molecule is O=C[B]N1CCC(c2ccc(Cc3ncc(C(F)(F)F)c(Cl)n3)cn2)CC1. The van der Waals surface area contributed by atoms with Crippen LogP contribution in [-0.4, -0.2) is 46.5 Å². The second kappa shape index (κ2) is 8.35. The number of pyridine rings is 1. The zero-order chi connectivity index (χ0) is 19.4. The van der Waals surface area contributed by atoms with E-state index in [1.165, 1.54) is 0 Å². The van der Waals surface area contributed by atoms with Gasteiger partial charge in [-0.2, -0.15) is 13.2 Å². The molecule has 0 atom stereocenters. The summed E-state index contributed by atoms with van der Waals surface area (Å²) in [6.45, 7) is 1.62. The van der Waals surface area contributed by atoms with E-state index < -0.39 is 16.9 Å². The van der Waals surface area contributed by atoms with Crippen molar-refractivity contribution in [3.05, 3.63) is 52.3 Å². The minimum absolute atomic E-state index is 0.209. The third-order valence-electron chi connectivity index (χ3n) is 4.53. The van der Waals surface area contributed by atoms with Gasteiger partial charge in [0.15, 0.2) is 0 Å². The molecule has 0 aliphatic carbocycles. The molecule has 0 unspecified atom stereocenters. The van der Waals surface area contributed by atoms with Gasteiger partial charge in [0.05, 0.1) is 6.19 Å². The lowest BCUT2D eigenvalue weighted by atomic mass is 9.85. The Morgan fingerprint density at radius 1 is 1.22 bits per heavy atom. The second-order valence-electron chi connectivity index (χ2n) is 6.35. The lowest BCUT2D eigenvalue weighted by molar-refractivity contribution is -0.138. The van der Waals surface area contributed by atoms with Crippen LogP contribution >= 0.6 is 11.6 Å². The number of aromatic nitrogens is 3. The molecule has 5 nitrogen and oxygen atoms in total. The molecule has 1 aliphatic heterocycles. The molecule has 0 spiro atoms. The summed E-state index contributed by atoms with van der Waals surface area (Å²) >= 11 is 5.63. The first kappa shape index (κ1) is 19.8. The van der Waals surface area contributed by atoms with Crippen LogP contribution in [0.4, 0.5) is 13.2 Å². The average Bonchev–Trinajstić information content (AvgIpc) is 2.62. The molecular weight excluding hydrogens is 379 g/mol. The van der Waals surface area contributed by atoms with Gasteiger partial charge in [0.2, 0.25) is 0 Å². The van der Waals surface area contributed by atoms with E-state index in [9.17, 15) is 18.0 Å². The van der Waals surface area contributed by atoms with E-state index >= 15 is 0 Å². The van der Waals surface area contributed by atoms with Gasteiger partial charge in [0, 0.05) is 30.4 Å². The quantitative estimate of drug-likeness (QED) is 0.442. The summed E-state index contributed by atoms with van der Waals surface area (Å²) < 4.78 is 38.1. The van der Waals surface area contributed by atoms with E-state index in [2.05, 4.69) is 15.0 Å². The van der Waals surface area contributed by atoms with Crippen LogP contribution in [0.2, 0.25) is 5.15 Å². The number of rotatable bonds is 5.